The molecule has 0 radical (unpaired) electrons. The molecule has 63 heavy (non-hydrogen) atoms. The number of hydrogen-bond donors (Lipinski definition) is 0. The second kappa shape index (κ2) is 12.5. The van der Waals surface area contributed by atoms with E-state index in [4.69, 9.17) is 4.42 Å². The molecule has 0 saturated heterocycles. The minimum atomic E-state index is -0.132. The Morgan fingerprint density at radius 3 is 1.37 bits per heavy atom. The van der Waals surface area contributed by atoms with Crippen molar-refractivity contribution in [3.05, 3.63) is 209 Å². The fraction of sp³-hybridized carbons (Fsp3) is 0.148. The van der Waals surface area contributed by atoms with Gasteiger partial charge in [0.25, 0.3) is 0 Å². The highest BCUT2D eigenvalue weighted by molar-refractivity contribution is 6.19. The Kier molecular flexibility index (Phi) is 7.23. The van der Waals surface area contributed by atoms with E-state index in [1.807, 2.05) is 0 Å². The Morgan fingerprint density at radius 2 is 0.794 bits per heavy atom. The average molecular weight is 810 g/mol. The van der Waals surface area contributed by atoms with Gasteiger partial charge in [-0.3, -0.25) is 0 Å². The second-order valence-corrected chi connectivity index (χ2v) is 19.7. The molecule has 10 aromatic rings. The van der Waals surface area contributed by atoms with E-state index in [9.17, 15) is 0 Å². The zero-order valence-corrected chi connectivity index (χ0v) is 36.6. The van der Waals surface area contributed by atoms with Crippen molar-refractivity contribution in [2.45, 2.75) is 57.8 Å². The van der Waals surface area contributed by atoms with Crippen LogP contribution in [-0.4, -0.2) is 0 Å². The fourth-order valence-corrected chi connectivity index (χ4v) is 12.0. The Balaban J connectivity index is 1.03. The van der Waals surface area contributed by atoms with E-state index < -0.39 is 0 Å². The molecule has 3 aliphatic rings. The van der Waals surface area contributed by atoms with Crippen molar-refractivity contribution < 1.29 is 4.42 Å². The van der Waals surface area contributed by atoms with Crippen LogP contribution in [0.4, 0.5) is 17.1 Å². The van der Waals surface area contributed by atoms with Crippen LogP contribution in [0.3, 0.4) is 0 Å². The van der Waals surface area contributed by atoms with E-state index in [-0.39, 0.29) is 16.2 Å². The maximum absolute atomic E-state index is 7.05. The first-order valence-corrected chi connectivity index (χ1v) is 22.4. The summed E-state index contributed by atoms with van der Waals surface area (Å²) in [5.74, 6) is 0. The molecule has 1 aromatic heterocycles. The Morgan fingerprint density at radius 1 is 0.349 bits per heavy atom. The van der Waals surface area contributed by atoms with E-state index in [1.54, 1.807) is 0 Å². The van der Waals surface area contributed by atoms with Crippen molar-refractivity contribution >= 4 is 49.8 Å². The molecule has 1 heterocycles. The van der Waals surface area contributed by atoms with Gasteiger partial charge < -0.3 is 9.32 Å². The molecule has 0 aliphatic heterocycles. The summed E-state index contributed by atoms with van der Waals surface area (Å²) >= 11 is 0. The molecule has 0 bridgehead atoms. The quantitative estimate of drug-likeness (QED) is 0.176. The van der Waals surface area contributed by atoms with Crippen LogP contribution in [0.2, 0.25) is 0 Å². The van der Waals surface area contributed by atoms with Gasteiger partial charge in [-0.25, -0.2) is 0 Å². The Hall–Kier alpha value is -7.16. The number of benzene rings is 9. The molecule has 0 unspecified atom stereocenters. The van der Waals surface area contributed by atoms with Gasteiger partial charge in [0.2, 0.25) is 0 Å². The van der Waals surface area contributed by atoms with Gasteiger partial charge in [-0.15, -0.1) is 0 Å². The van der Waals surface area contributed by atoms with E-state index in [0.717, 1.165) is 44.6 Å². The third kappa shape index (κ3) is 4.90. The van der Waals surface area contributed by atoms with Crippen molar-refractivity contribution in [1.29, 1.82) is 0 Å². The lowest BCUT2D eigenvalue weighted by molar-refractivity contribution is 0.660. The predicted molar refractivity (Wildman–Crippen MR) is 264 cm³/mol. The lowest BCUT2D eigenvalue weighted by Gasteiger charge is -2.29. The van der Waals surface area contributed by atoms with Gasteiger partial charge in [0.05, 0.1) is 0 Å². The van der Waals surface area contributed by atoms with E-state index in [2.05, 4.69) is 222 Å². The first-order chi connectivity index (χ1) is 30.5. The van der Waals surface area contributed by atoms with E-state index >= 15 is 0 Å². The second-order valence-electron chi connectivity index (χ2n) is 19.7. The van der Waals surface area contributed by atoms with Gasteiger partial charge in [0.15, 0.2) is 0 Å². The summed E-state index contributed by atoms with van der Waals surface area (Å²) in [6.45, 7) is 14.2. The van der Waals surface area contributed by atoms with Crippen LogP contribution in [0.25, 0.3) is 77.2 Å². The molecule has 0 spiro atoms. The van der Waals surface area contributed by atoms with Crippen LogP contribution < -0.4 is 4.90 Å². The highest BCUT2D eigenvalue weighted by Gasteiger charge is 2.39. The highest BCUT2D eigenvalue weighted by atomic mass is 16.3. The van der Waals surface area contributed by atoms with Gasteiger partial charge in [0, 0.05) is 49.6 Å². The monoisotopic (exact) mass is 809 g/mol. The molecule has 2 heteroatoms. The topological polar surface area (TPSA) is 16.4 Å². The maximum atomic E-state index is 7.05. The summed E-state index contributed by atoms with van der Waals surface area (Å²) in [4.78, 5) is 2.47. The summed E-state index contributed by atoms with van der Waals surface area (Å²) in [6, 6.07) is 65.9. The molecule has 302 valence electrons. The number of hydrogen-bond acceptors (Lipinski definition) is 2. The van der Waals surface area contributed by atoms with Crippen LogP contribution in [0, 0.1) is 0 Å². The molecule has 0 N–H and O–H groups in total. The van der Waals surface area contributed by atoms with Gasteiger partial charge in [0.1, 0.15) is 11.2 Å². The summed E-state index contributed by atoms with van der Waals surface area (Å²) < 4.78 is 7.05. The molecule has 2 nitrogen and oxygen atoms in total. The standard InChI is InChI=1S/C61H47NO/c1-59(2)50-20-12-9-17-42(50)45-27-23-37(32-53(45)59)57-41-16-8-7-15-36(41)31-49-48-33-38(26-30-56(48)63-58(49)57)62(39-24-28-46-43-18-10-13-21-51(43)60(3,4)54(46)34-39)40-25-29-47-44-19-11-14-22-52(44)61(5,6)55(47)35-40/h7-35H,1-6H3. The van der Waals surface area contributed by atoms with E-state index in [1.165, 1.54) is 83.1 Å². The number of fused-ring (bicyclic) bond motifs is 13. The van der Waals surface area contributed by atoms with Gasteiger partial charge in [-0.05, 0) is 138 Å². The largest absolute Gasteiger partial charge is 0.455 e. The van der Waals surface area contributed by atoms with Crippen LogP contribution in [0.1, 0.15) is 74.9 Å². The van der Waals surface area contributed by atoms with Crippen molar-refractivity contribution in [2.24, 2.45) is 0 Å². The average Bonchev–Trinajstić information content (AvgIpc) is 3.93. The first kappa shape index (κ1) is 36.5. The lowest BCUT2D eigenvalue weighted by atomic mass is 9.81. The fourth-order valence-electron chi connectivity index (χ4n) is 12.0. The minimum Gasteiger partial charge on any atom is -0.455 e. The summed E-state index contributed by atoms with van der Waals surface area (Å²) in [5, 5.41) is 4.63. The third-order valence-corrected chi connectivity index (χ3v) is 15.2. The molecule has 0 amide bonds. The molecule has 0 fully saturated rings. The van der Waals surface area contributed by atoms with Crippen molar-refractivity contribution in [3.63, 3.8) is 0 Å². The number of furan rings is 1. The molecule has 13 rings (SSSR count). The number of anilines is 3. The molecule has 3 aliphatic carbocycles. The number of nitrogens with zero attached hydrogens (tertiary/aromatic N) is 1. The molecule has 9 aromatic carbocycles. The lowest BCUT2D eigenvalue weighted by Crippen LogP contribution is -2.18. The maximum Gasteiger partial charge on any atom is 0.143 e. The molecular weight excluding hydrogens is 763 g/mol. The van der Waals surface area contributed by atoms with Crippen LogP contribution in [0.5, 0.6) is 0 Å². The minimum absolute atomic E-state index is 0.108. The van der Waals surface area contributed by atoms with Crippen LogP contribution >= 0.6 is 0 Å². The molecule has 0 atom stereocenters. The smallest absolute Gasteiger partial charge is 0.143 e. The van der Waals surface area contributed by atoms with Crippen LogP contribution in [-0.2, 0) is 16.2 Å². The van der Waals surface area contributed by atoms with Crippen molar-refractivity contribution in [1.82, 2.24) is 0 Å². The highest BCUT2D eigenvalue weighted by Crippen LogP contribution is 2.55. The SMILES string of the molecule is CC1(C)c2ccccc2-c2ccc(-c3c4ccccc4cc4c3oc3ccc(N(c5ccc6c(c5)C(C)(C)c5ccccc5-6)c5ccc6c(c5)C(C)(C)c5ccccc5-6)cc34)cc21. The zero-order valence-electron chi connectivity index (χ0n) is 36.6. The normalized spacial score (nSPS) is 15.5. The van der Waals surface area contributed by atoms with Gasteiger partial charge in [-0.1, -0.05) is 163 Å². The van der Waals surface area contributed by atoms with Gasteiger partial charge in [-0.2, -0.15) is 0 Å². The van der Waals surface area contributed by atoms with E-state index in [0.29, 0.717) is 0 Å². The molecular formula is C61H47NO. The van der Waals surface area contributed by atoms with Crippen molar-refractivity contribution in [2.75, 3.05) is 4.90 Å². The Labute approximate surface area is 369 Å². The zero-order chi connectivity index (χ0) is 42.6. The first-order valence-electron chi connectivity index (χ1n) is 22.4. The molecule has 0 saturated carbocycles. The summed E-state index contributed by atoms with van der Waals surface area (Å²) in [7, 11) is 0. The summed E-state index contributed by atoms with van der Waals surface area (Å²) in [6.07, 6.45) is 0. The third-order valence-electron chi connectivity index (χ3n) is 15.2. The van der Waals surface area contributed by atoms with Gasteiger partial charge >= 0.3 is 0 Å². The summed E-state index contributed by atoms with van der Waals surface area (Å²) in [5.41, 5.74) is 23.3. The van der Waals surface area contributed by atoms with Crippen molar-refractivity contribution in [3.8, 4) is 44.5 Å². The predicted octanol–water partition coefficient (Wildman–Crippen LogP) is 16.8. The number of rotatable bonds is 4. The van der Waals surface area contributed by atoms with Crippen LogP contribution in [0.15, 0.2) is 180 Å². The Bertz CT molecular complexity index is 3510.